The van der Waals surface area contributed by atoms with Gasteiger partial charge in [0, 0.05) is 17.8 Å². The molecule has 0 saturated heterocycles. The SMILES string of the molecule is Cc1ccc(N2C(=O)c3ccccc3N(Cc3ccccc3)[C@H]2c2cccc3ccccc23)cc1. The standard InChI is InChI=1S/C32H26N2O/c1-23-18-20-26(21-19-23)34-31(28-16-9-13-25-12-5-6-14-27(25)28)33(22-24-10-3-2-4-11-24)30-17-8-7-15-29(30)32(34)35/h2-21,31H,22H2,1H3/t31-/m1/s1. The van der Waals surface area contributed by atoms with Crippen molar-refractivity contribution in [3.63, 3.8) is 0 Å². The minimum absolute atomic E-state index is 0.0201. The van der Waals surface area contributed by atoms with Gasteiger partial charge < -0.3 is 4.90 Å². The van der Waals surface area contributed by atoms with E-state index in [4.69, 9.17) is 0 Å². The summed E-state index contributed by atoms with van der Waals surface area (Å²) in [5.74, 6) is 0.0201. The minimum Gasteiger partial charge on any atom is -0.342 e. The van der Waals surface area contributed by atoms with Gasteiger partial charge in [0.2, 0.25) is 0 Å². The van der Waals surface area contributed by atoms with Crippen LogP contribution in [0.4, 0.5) is 11.4 Å². The third kappa shape index (κ3) is 3.75. The molecule has 0 aliphatic carbocycles. The summed E-state index contributed by atoms with van der Waals surface area (Å²) in [6.45, 7) is 2.75. The molecule has 0 aromatic heterocycles. The minimum atomic E-state index is -0.300. The maximum atomic E-state index is 14.1. The number of anilines is 2. The van der Waals surface area contributed by atoms with Crippen molar-refractivity contribution in [1.29, 1.82) is 0 Å². The highest BCUT2D eigenvalue weighted by molar-refractivity contribution is 6.12. The average Bonchev–Trinajstić information content (AvgIpc) is 2.91. The monoisotopic (exact) mass is 454 g/mol. The van der Waals surface area contributed by atoms with E-state index >= 15 is 0 Å². The Bertz CT molecular complexity index is 1500. The maximum absolute atomic E-state index is 14.1. The number of carbonyl (C=O) groups excluding carboxylic acids is 1. The number of carbonyl (C=O) groups is 1. The van der Waals surface area contributed by atoms with Gasteiger partial charge in [-0.05, 0) is 47.5 Å². The molecule has 1 aliphatic rings. The fraction of sp³-hybridized carbons (Fsp3) is 0.0938. The molecule has 0 radical (unpaired) electrons. The molecular formula is C32H26N2O. The van der Waals surface area contributed by atoms with Crippen molar-refractivity contribution in [2.24, 2.45) is 0 Å². The van der Waals surface area contributed by atoms with Gasteiger partial charge in [0.05, 0.1) is 11.3 Å². The van der Waals surface area contributed by atoms with Crippen molar-refractivity contribution in [1.82, 2.24) is 0 Å². The molecule has 6 rings (SSSR count). The van der Waals surface area contributed by atoms with Crippen LogP contribution in [0.5, 0.6) is 0 Å². The van der Waals surface area contributed by atoms with Gasteiger partial charge in [-0.1, -0.05) is 103 Å². The van der Waals surface area contributed by atoms with Gasteiger partial charge in [-0.15, -0.1) is 0 Å². The number of rotatable bonds is 4. The van der Waals surface area contributed by atoms with Crippen LogP contribution < -0.4 is 9.80 Å². The first-order valence-electron chi connectivity index (χ1n) is 12.0. The highest BCUT2D eigenvalue weighted by Crippen LogP contribution is 2.44. The smallest absolute Gasteiger partial charge is 0.262 e. The number of fused-ring (bicyclic) bond motifs is 2. The third-order valence-electron chi connectivity index (χ3n) is 6.81. The Morgan fingerprint density at radius 2 is 1.37 bits per heavy atom. The predicted octanol–water partition coefficient (Wildman–Crippen LogP) is 7.51. The second-order valence-electron chi connectivity index (χ2n) is 9.08. The van der Waals surface area contributed by atoms with E-state index in [0.717, 1.165) is 27.9 Å². The summed E-state index contributed by atoms with van der Waals surface area (Å²) in [6, 6.07) is 41.5. The zero-order chi connectivity index (χ0) is 23.8. The van der Waals surface area contributed by atoms with Crippen LogP contribution >= 0.6 is 0 Å². The molecule has 0 bridgehead atoms. The van der Waals surface area contributed by atoms with Gasteiger partial charge in [-0.25, -0.2) is 0 Å². The molecule has 5 aromatic carbocycles. The highest BCUT2D eigenvalue weighted by atomic mass is 16.2. The third-order valence-corrected chi connectivity index (χ3v) is 6.81. The van der Waals surface area contributed by atoms with E-state index in [1.807, 2.05) is 29.2 Å². The molecule has 0 spiro atoms. The Balaban J connectivity index is 1.63. The van der Waals surface area contributed by atoms with Gasteiger partial charge in [0.15, 0.2) is 0 Å². The Kier molecular flexibility index (Phi) is 5.31. The van der Waals surface area contributed by atoms with Crippen molar-refractivity contribution in [2.75, 3.05) is 9.80 Å². The molecular weight excluding hydrogens is 428 g/mol. The first kappa shape index (κ1) is 21.2. The molecule has 170 valence electrons. The van der Waals surface area contributed by atoms with E-state index in [9.17, 15) is 4.79 Å². The van der Waals surface area contributed by atoms with E-state index in [0.29, 0.717) is 6.54 Å². The second kappa shape index (κ2) is 8.77. The van der Waals surface area contributed by atoms with Crippen molar-refractivity contribution in [3.8, 4) is 0 Å². The van der Waals surface area contributed by atoms with Crippen LogP contribution in [0.15, 0.2) is 121 Å². The van der Waals surface area contributed by atoms with Gasteiger partial charge in [-0.2, -0.15) is 0 Å². The predicted molar refractivity (Wildman–Crippen MR) is 144 cm³/mol. The lowest BCUT2D eigenvalue weighted by Gasteiger charge is -2.46. The summed E-state index contributed by atoms with van der Waals surface area (Å²) < 4.78 is 0. The largest absolute Gasteiger partial charge is 0.342 e. The lowest BCUT2D eigenvalue weighted by atomic mass is 9.95. The molecule has 0 unspecified atom stereocenters. The summed E-state index contributed by atoms with van der Waals surface area (Å²) in [7, 11) is 0. The molecule has 0 fully saturated rings. The Hall–Kier alpha value is -4.37. The fourth-order valence-corrected chi connectivity index (χ4v) is 5.12. The first-order valence-corrected chi connectivity index (χ1v) is 12.0. The van der Waals surface area contributed by atoms with Gasteiger partial charge >= 0.3 is 0 Å². The van der Waals surface area contributed by atoms with Crippen LogP contribution in [-0.4, -0.2) is 5.91 Å². The number of nitrogens with zero attached hydrogens (tertiary/aromatic N) is 2. The average molecular weight is 455 g/mol. The van der Waals surface area contributed by atoms with Crippen molar-refractivity contribution in [2.45, 2.75) is 19.6 Å². The molecule has 3 heteroatoms. The summed E-state index contributed by atoms with van der Waals surface area (Å²) in [4.78, 5) is 18.5. The van der Waals surface area contributed by atoms with Crippen LogP contribution in [0.2, 0.25) is 0 Å². The highest BCUT2D eigenvalue weighted by Gasteiger charge is 2.40. The van der Waals surface area contributed by atoms with Crippen LogP contribution in [0.1, 0.15) is 33.2 Å². The summed E-state index contributed by atoms with van der Waals surface area (Å²) >= 11 is 0. The van der Waals surface area contributed by atoms with Crippen molar-refractivity contribution in [3.05, 3.63) is 144 Å². The molecule has 1 atom stereocenters. The first-order chi connectivity index (χ1) is 17.2. The molecule has 3 nitrogen and oxygen atoms in total. The van der Waals surface area contributed by atoms with Crippen molar-refractivity contribution < 1.29 is 4.79 Å². The number of benzene rings is 5. The number of para-hydroxylation sites is 1. The Morgan fingerprint density at radius 3 is 2.20 bits per heavy atom. The molecule has 1 aliphatic heterocycles. The number of aryl methyl sites for hydroxylation is 1. The molecule has 1 amide bonds. The number of hydrogen-bond donors (Lipinski definition) is 0. The number of hydrogen-bond acceptors (Lipinski definition) is 2. The lowest BCUT2D eigenvalue weighted by Crippen LogP contribution is -2.49. The molecule has 5 aromatic rings. The summed E-state index contributed by atoms with van der Waals surface area (Å²) in [5.41, 5.74) is 6.06. The number of amides is 1. The van der Waals surface area contributed by atoms with E-state index in [-0.39, 0.29) is 12.1 Å². The quantitative estimate of drug-likeness (QED) is 0.280. The Morgan fingerprint density at radius 1 is 0.686 bits per heavy atom. The Labute approximate surface area is 205 Å². The maximum Gasteiger partial charge on any atom is 0.262 e. The van der Waals surface area contributed by atoms with Gasteiger partial charge in [-0.3, -0.25) is 9.69 Å². The molecule has 0 saturated carbocycles. The summed E-state index contributed by atoms with van der Waals surface area (Å²) in [6.07, 6.45) is -0.300. The second-order valence-corrected chi connectivity index (χ2v) is 9.08. The van der Waals surface area contributed by atoms with Gasteiger partial charge in [0.25, 0.3) is 5.91 Å². The normalized spacial score (nSPS) is 15.3. The van der Waals surface area contributed by atoms with Crippen LogP contribution in [0.25, 0.3) is 10.8 Å². The molecule has 0 N–H and O–H groups in total. The zero-order valence-electron chi connectivity index (χ0n) is 19.6. The van der Waals surface area contributed by atoms with E-state index in [1.54, 1.807) is 0 Å². The zero-order valence-corrected chi connectivity index (χ0v) is 19.6. The van der Waals surface area contributed by atoms with Crippen LogP contribution in [-0.2, 0) is 6.54 Å². The van der Waals surface area contributed by atoms with Crippen molar-refractivity contribution >= 4 is 28.1 Å². The van der Waals surface area contributed by atoms with Crippen LogP contribution in [0.3, 0.4) is 0 Å². The lowest BCUT2D eigenvalue weighted by molar-refractivity contribution is 0.0968. The van der Waals surface area contributed by atoms with Gasteiger partial charge in [0.1, 0.15) is 6.17 Å². The summed E-state index contributed by atoms with van der Waals surface area (Å²) in [5, 5.41) is 2.32. The van der Waals surface area contributed by atoms with Crippen LogP contribution in [0, 0.1) is 6.92 Å². The topological polar surface area (TPSA) is 23.6 Å². The van der Waals surface area contributed by atoms with E-state index in [1.165, 1.54) is 16.5 Å². The molecule has 35 heavy (non-hydrogen) atoms. The van der Waals surface area contributed by atoms with E-state index in [2.05, 4.69) is 109 Å². The fourth-order valence-electron chi connectivity index (χ4n) is 5.12. The molecule has 1 heterocycles. The van der Waals surface area contributed by atoms with E-state index < -0.39 is 0 Å².